The van der Waals surface area contributed by atoms with Gasteiger partial charge < -0.3 is 18.6 Å². The van der Waals surface area contributed by atoms with Gasteiger partial charge in [0.1, 0.15) is 0 Å². The first-order chi connectivity index (χ1) is 13.6. The number of carbonyl (C=O) groups excluding carboxylic acids is 1. The molecule has 1 aliphatic heterocycles. The first-order valence-electron chi connectivity index (χ1n) is 9.11. The Bertz CT molecular complexity index is 981. The molecule has 4 rings (SSSR count). The van der Waals surface area contributed by atoms with E-state index < -0.39 is 12.1 Å². The van der Waals surface area contributed by atoms with Crippen LogP contribution in [0, 0.1) is 6.92 Å². The molecule has 2 aromatic carbocycles. The first kappa shape index (κ1) is 18.0. The van der Waals surface area contributed by atoms with Crippen LogP contribution in [0.25, 0.3) is 11.5 Å². The maximum Gasteiger partial charge on any atom is 0.339 e. The zero-order chi connectivity index (χ0) is 19.5. The van der Waals surface area contributed by atoms with Gasteiger partial charge >= 0.3 is 5.97 Å². The van der Waals surface area contributed by atoms with Crippen LogP contribution in [0.5, 0.6) is 11.5 Å². The van der Waals surface area contributed by atoms with E-state index in [-0.39, 0.29) is 5.89 Å². The molecule has 0 fully saturated rings. The summed E-state index contributed by atoms with van der Waals surface area (Å²) in [7, 11) is 0. The fraction of sp³-hybridized carbons (Fsp3) is 0.286. The number of hydrogen-bond donors (Lipinski definition) is 0. The molecule has 1 aliphatic rings. The molecule has 3 aromatic rings. The Morgan fingerprint density at radius 2 is 1.79 bits per heavy atom. The summed E-state index contributed by atoms with van der Waals surface area (Å²) in [6.45, 7) is 4.83. The normalized spacial score (nSPS) is 14.2. The number of benzene rings is 2. The summed E-state index contributed by atoms with van der Waals surface area (Å²) in [4.78, 5) is 12.5. The maximum absolute atomic E-state index is 12.5. The van der Waals surface area contributed by atoms with Gasteiger partial charge in [0.05, 0.1) is 18.8 Å². The molecule has 1 unspecified atom stereocenters. The number of nitrogens with zero attached hydrogens (tertiary/aromatic N) is 2. The standard InChI is InChI=1S/C21H20N2O5/c1-13-4-6-15(7-5-13)20-23-22-19(28-20)14(2)27-21(24)16-8-9-17-18(12-16)26-11-3-10-25-17/h4-9,12,14H,3,10-11H2,1-2H3. The van der Waals surface area contributed by atoms with Crippen LogP contribution in [0.1, 0.15) is 41.3 Å². The number of esters is 1. The van der Waals surface area contributed by atoms with Crippen LogP contribution in [-0.4, -0.2) is 29.4 Å². The highest BCUT2D eigenvalue weighted by Gasteiger charge is 2.21. The molecule has 0 amide bonds. The number of rotatable bonds is 4. The fourth-order valence-electron chi connectivity index (χ4n) is 2.78. The summed E-state index contributed by atoms with van der Waals surface area (Å²) in [5, 5.41) is 8.05. The van der Waals surface area contributed by atoms with Gasteiger partial charge in [0.2, 0.25) is 5.89 Å². The smallest absolute Gasteiger partial charge is 0.339 e. The quantitative estimate of drug-likeness (QED) is 0.629. The van der Waals surface area contributed by atoms with Crippen molar-refractivity contribution < 1.29 is 23.4 Å². The SMILES string of the molecule is Cc1ccc(-c2nnc(C(C)OC(=O)c3ccc4c(c3)OCCCO4)o2)cc1. The molecule has 0 saturated heterocycles. The summed E-state index contributed by atoms with van der Waals surface area (Å²) >= 11 is 0. The van der Waals surface area contributed by atoms with E-state index >= 15 is 0 Å². The van der Waals surface area contributed by atoms with E-state index in [0.29, 0.717) is 36.2 Å². The van der Waals surface area contributed by atoms with Gasteiger partial charge in [0.15, 0.2) is 17.6 Å². The number of fused-ring (bicyclic) bond motifs is 1. The molecule has 1 aromatic heterocycles. The summed E-state index contributed by atoms with van der Waals surface area (Å²) in [6, 6.07) is 12.7. The largest absolute Gasteiger partial charge is 0.490 e. The molecule has 0 bridgehead atoms. The Balaban J connectivity index is 1.46. The van der Waals surface area contributed by atoms with Crippen LogP contribution in [0.3, 0.4) is 0 Å². The van der Waals surface area contributed by atoms with Crippen LogP contribution in [0.4, 0.5) is 0 Å². The molecule has 2 heterocycles. The first-order valence-corrected chi connectivity index (χ1v) is 9.11. The van der Waals surface area contributed by atoms with E-state index in [9.17, 15) is 4.79 Å². The number of aryl methyl sites for hydroxylation is 1. The average molecular weight is 380 g/mol. The molecule has 7 nitrogen and oxygen atoms in total. The van der Waals surface area contributed by atoms with Crippen molar-refractivity contribution in [3.8, 4) is 23.0 Å². The van der Waals surface area contributed by atoms with Gasteiger partial charge in [0.25, 0.3) is 5.89 Å². The lowest BCUT2D eigenvalue weighted by molar-refractivity contribution is 0.0279. The summed E-state index contributed by atoms with van der Waals surface area (Å²) in [5.41, 5.74) is 2.32. The molecule has 144 valence electrons. The average Bonchev–Trinajstić information content (AvgIpc) is 3.07. The van der Waals surface area contributed by atoms with E-state index in [1.807, 2.05) is 31.2 Å². The highest BCUT2D eigenvalue weighted by atomic mass is 16.6. The Hall–Kier alpha value is -3.35. The minimum absolute atomic E-state index is 0.235. The summed E-state index contributed by atoms with van der Waals surface area (Å²) in [6.07, 6.45) is 0.113. The molecule has 1 atom stereocenters. The van der Waals surface area contributed by atoms with Crippen molar-refractivity contribution in [3.63, 3.8) is 0 Å². The minimum atomic E-state index is -0.685. The lowest BCUT2D eigenvalue weighted by Gasteiger charge is -2.11. The van der Waals surface area contributed by atoms with Gasteiger partial charge in [-0.15, -0.1) is 10.2 Å². The van der Waals surface area contributed by atoms with Crippen LogP contribution in [0.15, 0.2) is 46.9 Å². The molecule has 0 saturated carbocycles. The van der Waals surface area contributed by atoms with Crippen LogP contribution >= 0.6 is 0 Å². The Morgan fingerprint density at radius 3 is 2.57 bits per heavy atom. The van der Waals surface area contributed by atoms with E-state index in [1.54, 1.807) is 25.1 Å². The molecular weight excluding hydrogens is 360 g/mol. The van der Waals surface area contributed by atoms with Crippen LogP contribution < -0.4 is 9.47 Å². The third kappa shape index (κ3) is 3.83. The number of ether oxygens (including phenoxy) is 3. The highest BCUT2D eigenvalue weighted by Crippen LogP contribution is 2.31. The lowest BCUT2D eigenvalue weighted by Crippen LogP contribution is -2.10. The number of aromatic nitrogens is 2. The van der Waals surface area contributed by atoms with Crippen molar-refractivity contribution in [1.82, 2.24) is 10.2 Å². The molecule has 0 aliphatic carbocycles. The summed E-state index contributed by atoms with van der Waals surface area (Å²) in [5.74, 6) is 1.28. The molecule has 28 heavy (non-hydrogen) atoms. The van der Waals surface area contributed by atoms with E-state index in [4.69, 9.17) is 18.6 Å². The van der Waals surface area contributed by atoms with Gasteiger partial charge in [0, 0.05) is 12.0 Å². The van der Waals surface area contributed by atoms with E-state index in [1.165, 1.54) is 0 Å². The monoisotopic (exact) mass is 380 g/mol. The predicted octanol–water partition coefficient (Wildman–Crippen LogP) is 4.12. The second-order valence-electron chi connectivity index (χ2n) is 6.57. The third-order valence-corrected chi connectivity index (χ3v) is 4.35. The van der Waals surface area contributed by atoms with E-state index in [0.717, 1.165) is 17.5 Å². The van der Waals surface area contributed by atoms with Crippen molar-refractivity contribution in [3.05, 3.63) is 59.5 Å². The third-order valence-electron chi connectivity index (χ3n) is 4.35. The second-order valence-corrected chi connectivity index (χ2v) is 6.57. The number of carbonyl (C=O) groups is 1. The van der Waals surface area contributed by atoms with Gasteiger partial charge in [-0.1, -0.05) is 17.7 Å². The van der Waals surface area contributed by atoms with Gasteiger partial charge in [-0.05, 0) is 44.2 Å². The number of hydrogen-bond acceptors (Lipinski definition) is 7. The van der Waals surface area contributed by atoms with E-state index in [2.05, 4.69) is 10.2 Å². The van der Waals surface area contributed by atoms with Crippen molar-refractivity contribution in [2.75, 3.05) is 13.2 Å². The van der Waals surface area contributed by atoms with Crippen molar-refractivity contribution in [2.24, 2.45) is 0 Å². The Kier molecular flexibility index (Phi) is 4.97. The van der Waals surface area contributed by atoms with Gasteiger partial charge in [-0.25, -0.2) is 4.79 Å². The highest BCUT2D eigenvalue weighted by molar-refractivity contribution is 5.90. The lowest BCUT2D eigenvalue weighted by atomic mass is 10.1. The molecule has 0 radical (unpaired) electrons. The molecular formula is C21H20N2O5. The maximum atomic E-state index is 12.5. The second kappa shape index (κ2) is 7.72. The van der Waals surface area contributed by atoms with Crippen molar-refractivity contribution >= 4 is 5.97 Å². The zero-order valence-corrected chi connectivity index (χ0v) is 15.7. The Labute approximate surface area is 162 Å². The topological polar surface area (TPSA) is 83.7 Å². The molecule has 7 heteroatoms. The fourth-order valence-corrected chi connectivity index (χ4v) is 2.78. The van der Waals surface area contributed by atoms with Crippen LogP contribution in [0.2, 0.25) is 0 Å². The van der Waals surface area contributed by atoms with Gasteiger partial charge in [-0.2, -0.15) is 0 Å². The molecule has 0 N–H and O–H groups in total. The van der Waals surface area contributed by atoms with Gasteiger partial charge in [-0.3, -0.25) is 0 Å². The predicted molar refractivity (Wildman–Crippen MR) is 100 cm³/mol. The molecule has 0 spiro atoms. The van der Waals surface area contributed by atoms with Crippen LogP contribution in [-0.2, 0) is 4.74 Å². The zero-order valence-electron chi connectivity index (χ0n) is 15.7. The summed E-state index contributed by atoms with van der Waals surface area (Å²) < 4.78 is 22.3. The van der Waals surface area contributed by atoms with Crippen molar-refractivity contribution in [2.45, 2.75) is 26.4 Å². The minimum Gasteiger partial charge on any atom is -0.490 e. The Morgan fingerprint density at radius 1 is 1.04 bits per heavy atom. The van der Waals surface area contributed by atoms with Crippen molar-refractivity contribution in [1.29, 1.82) is 0 Å².